The van der Waals surface area contributed by atoms with Crippen molar-refractivity contribution in [3.63, 3.8) is 0 Å². The maximum Gasteiger partial charge on any atom is 0.266 e. The second-order valence-electron chi connectivity index (χ2n) is 7.99. The molecule has 0 spiro atoms. The van der Waals surface area contributed by atoms with Crippen molar-refractivity contribution in [2.24, 2.45) is 5.92 Å². The highest BCUT2D eigenvalue weighted by Crippen LogP contribution is 2.27. The molecule has 0 radical (unpaired) electrons. The average Bonchev–Trinajstić information content (AvgIpc) is 3.36. The SMILES string of the molecule is COc1cccc(N2CC(C(=O)NCCn3nc(-n4nc(C)cc4C)ccc3=O)CC2=O)c1. The zero-order chi connectivity index (χ0) is 23.5. The first-order valence-electron chi connectivity index (χ1n) is 10.7. The fourth-order valence-electron chi connectivity index (χ4n) is 3.91. The maximum absolute atomic E-state index is 12.7. The van der Waals surface area contributed by atoms with Gasteiger partial charge in [0.25, 0.3) is 5.56 Å². The summed E-state index contributed by atoms with van der Waals surface area (Å²) in [5.74, 6) is 0.375. The van der Waals surface area contributed by atoms with Gasteiger partial charge in [0.05, 0.1) is 25.3 Å². The van der Waals surface area contributed by atoms with E-state index in [0.717, 1.165) is 11.4 Å². The summed E-state index contributed by atoms with van der Waals surface area (Å²) >= 11 is 0. The summed E-state index contributed by atoms with van der Waals surface area (Å²) in [5.41, 5.74) is 2.19. The summed E-state index contributed by atoms with van der Waals surface area (Å²) in [6.45, 7) is 4.52. The van der Waals surface area contributed by atoms with Crippen molar-refractivity contribution >= 4 is 17.5 Å². The Kier molecular flexibility index (Phi) is 6.25. The second-order valence-corrected chi connectivity index (χ2v) is 7.99. The Labute approximate surface area is 190 Å². The van der Waals surface area contributed by atoms with E-state index in [9.17, 15) is 14.4 Å². The summed E-state index contributed by atoms with van der Waals surface area (Å²) in [7, 11) is 1.56. The van der Waals surface area contributed by atoms with E-state index in [1.54, 1.807) is 41.0 Å². The van der Waals surface area contributed by atoms with Gasteiger partial charge in [0, 0.05) is 43.0 Å². The van der Waals surface area contributed by atoms with Gasteiger partial charge in [0.15, 0.2) is 5.82 Å². The molecule has 1 aliphatic rings. The lowest BCUT2D eigenvalue weighted by Gasteiger charge is -2.17. The monoisotopic (exact) mass is 450 g/mol. The zero-order valence-corrected chi connectivity index (χ0v) is 18.8. The van der Waals surface area contributed by atoms with Crippen molar-refractivity contribution in [1.29, 1.82) is 0 Å². The van der Waals surface area contributed by atoms with Crippen LogP contribution >= 0.6 is 0 Å². The first-order valence-corrected chi connectivity index (χ1v) is 10.7. The Morgan fingerprint density at radius 3 is 2.70 bits per heavy atom. The molecular weight excluding hydrogens is 424 g/mol. The van der Waals surface area contributed by atoms with E-state index in [-0.39, 0.29) is 36.9 Å². The van der Waals surface area contributed by atoms with Crippen LogP contribution in [0.25, 0.3) is 5.82 Å². The van der Waals surface area contributed by atoms with Crippen molar-refractivity contribution in [2.75, 3.05) is 25.1 Å². The Morgan fingerprint density at radius 1 is 1.15 bits per heavy atom. The van der Waals surface area contributed by atoms with Crippen LogP contribution in [0.5, 0.6) is 5.75 Å². The van der Waals surface area contributed by atoms with E-state index in [0.29, 0.717) is 23.8 Å². The number of hydrogen-bond acceptors (Lipinski definition) is 6. The van der Waals surface area contributed by atoms with Gasteiger partial charge in [0.1, 0.15) is 5.75 Å². The smallest absolute Gasteiger partial charge is 0.266 e. The molecule has 0 aliphatic carbocycles. The zero-order valence-electron chi connectivity index (χ0n) is 18.8. The van der Waals surface area contributed by atoms with Crippen molar-refractivity contribution in [3.8, 4) is 11.6 Å². The summed E-state index contributed by atoms with van der Waals surface area (Å²) in [6.07, 6.45) is 0.134. The number of carbonyl (C=O) groups is 2. The minimum Gasteiger partial charge on any atom is -0.497 e. The molecule has 2 amide bonds. The largest absolute Gasteiger partial charge is 0.497 e. The highest BCUT2D eigenvalue weighted by atomic mass is 16.5. The minimum atomic E-state index is -0.464. The van der Waals surface area contributed by atoms with Gasteiger partial charge >= 0.3 is 0 Å². The number of aromatic nitrogens is 4. The number of aryl methyl sites for hydroxylation is 2. The fraction of sp³-hybridized carbons (Fsp3) is 0.348. The van der Waals surface area contributed by atoms with Gasteiger partial charge in [-0.25, -0.2) is 9.36 Å². The molecule has 1 saturated heterocycles. The molecule has 3 aromatic rings. The van der Waals surface area contributed by atoms with Gasteiger partial charge in [-0.3, -0.25) is 14.4 Å². The second kappa shape index (κ2) is 9.27. The molecule has 1 aliphatic heterocycles. The molecule has 172 valence electrons. The van der Waals surface area contributed by atoms with Crippen LogP contribution in [0.2, 0.25) is 0 Å². The van der Waals surface area contributed by atoms with Crippen LogP contribution in [0.3, 0.4) is 0 Å². The van der Waals surface area contributed by atoms with E-state index in [4.69, 9.17) is 4.74 Å². The lowest BCUT2D eigenvalue weighted by molar-refractivity contribution is -0.126. The summed E-state index contributed by atoms with van der Waals surface area (Å²) < 4.78 is 8.18. The highest BCUT2D eigenvalue weighted by Gasteiger charge is 2.35. The van der Waals surface area contributed by atoms with E-state index in [1.807, 2.05) is 26.0 Å². The molecule has 1 aromatic carbocycles. The first-order chi connectivity index (χ1) is 15.9. The molecule has 0 saturated carbocycles. The standard InChI is InChI=1S/C23H26N6O4/c1-15-11-16(2)29(25-15)20-7-8-21(30)28(26-20)10-9-24-23(32)17-12-22(31)27(14-17)18-5-4-6-19(13-18)33-3/h4-8,11,13,17H,9-10,12,14H2,1-3H3,(H,24,32). The van der Waals surface area contributed by atoms with Crippen LogP contribution in [0.4, 0.5) is 5.69 Å². The lowest BCUT2D eigenvalue weighted by Crippen LogP contribution is -2.36. The Bertz CT molecular complexity index is 1250. The van der Waals surface area contributed by atoms with Gasteiger partial charge in [0.2, 0.25) is 11.8 Å². The number of benzene rings is 1. The normalized spacial score (nSPS) is 15.7. The Balaban J connectivity index is 1.37. The number of methoxy groups -OCH3 is 1. The Hall–Kier alpha value is -3.95. The first kappa shape index (κ1) is 22.3. The molecule has 3 heterocycles. The molecule has 1 fully saturated rings. The quantitative estimate of drug-likeness (QED) is 0.580. The molecule has 4 rings (SSSR count). The van der Waals surface area contributed by atoms with E-state index >= 15 is 0 Å². The number of nitrogens with zero attached hydrogens (tertiary/aromatic N) is 5. The maximum atomic E-state index is 12.7. The van der Waals surface area contributed by atoms with E-state index in [2.05, 4.69) is 15.5 Å². The van der Waals surface area contributed by atoms with Crippen LogP contribution in [-0.4, -0.2) is 51.6 Å². The van der Waals surface area contributed by atoms with Gasteiger partial charge in [-0.2, -0.15) is 5.10 Å². The molecule has 1 unspecified atom stereocenters. The average molecular weight is 450 g/mol. The number of hydrogen-bond donors (Lipinski definition) is 1. The molecular formula is C23H26N6O4. The molecule has 0 bridgehead atoms. The number of rotatable bonds is 7. The van der Waals surface area contributed by atoms with Crippen LogP contribution in [0, 0.1) is 19.8 Å². The van der Waals surface area contributed by atoms with Gasteiger partial charge in [-0.15, -0.1) is 5.10 Å². The van der Waals surface area contributed by atoms with Crippen LogP contribution in [0.15, 0.2) is 47.3 Å². The van der Waals surface area contributed by atoms with Crippen LogP contribution in [0.1, 0.15) is 17.8 Å². The molecule has 10 nitrogen and oxygen atoms in total. The van der Waals surface area contributed by atoms with Gasteiger partial charge in [-0.1, -0.05) is 6.07 Å². The fourth-order valence-corrected chi connectivity index (χ4v) is 3.91. The number of carbonyl (C=O) groups excluding carboxylic acids is 2. The molecule has 10 heteroatoms. The third-order valence-corrected chi connectivity index (χ3v) is 5.56. The van der Waals surface area contributed by atoms with Gasteiger partial charge < -0.3 is 15.0 Å². The molecule has 1 atom stereocenters. The third kappa shape index (κ3) is 4.79. The summed E-state index contributed by atoms with van der Waals surface area (Å²) in [5, 5.41) is 11.6. The Morgan fingerprint density at radius 2 is 1.97 bits per heavy atom. The van der Waals surface area contributed by atoms with Gasteiger partial charge in [-0.05, 0) is 38.1 Å². The number of ether oxygens (including phenoxy) is 1. The third-order valence-electron chi connectivity index (χ3n) is 5.56. The summed E-state index contributed by atoms with van der Waals surface area (Å²) in [4.78, 5) is 38.9. The van der Waals surface area contributed by atoms with Crippen molar-refractivity contribution < 1.29 is 14.3 Å². The van der Waals surface area contributed by atoms with Crippen LogP contribution in [-0.2, 0) is 16.1 Å². The number of nitrogens with one attached hydrogen (secondary N) is 1. The van der Waals surface area contributed by atoms with Crippen LogP contribution < -0.4 is 20.5 Å². The predicted octanol–water partition coefficient (Wildman–Crippen LogP) is 1.22. The molecule has 1 N–H and O–H groups in total. The summed E-state index contributed by atoms with van der Waals surface area (Å²) in [6, 6.07) is 12.2. The van der Waals surface area contributed by atoms with E-state index < -0.39 is 5.92 Å². The van der Waals surface area contributed by atoms with Crippen molar-refractivity contribution in [3.05, 3.63) is 64.2 Å². The van der Waals surface area contributed by atoms with Crippen molar-refractivity contribution in [2.45, 2.75) is 26.8 Å². The predicted molar refractivity (Wildman–Crippen MR) is 122 cm³/mol. The minimum absolute atomic E-state index is 0.112. The topological polar surface area (TPSA) is 111 Å². The number of amides is 2. The number of anilines is 1. The highest BCUT2D eigenvalue weighted by molar-refractivity contribution is 6.00. The van der Waals surface area contributed by atoms with Crippen molar-refractivity contribution in [1.82, 2.24) is 24.9 Å². The lowest BCUT2D eigenvalue weighted by atomic mass is 10.1. The molecule has 2 aromatic heterocycles. The molecule has 33 heavy (non-hydrogen) atoms. The van der Waals surface area contributed by atoms with E-state index in [1.165, 1.54) is 10.7 Å².